The highest BCUT2D eigenvalue weighted by Crippen LogP contribution is 2.14. The summed E-state index contributed by atoms with van der Waals surface area (Å²) in [6.07, 6.45) is 0. The molecule has 0 saturated carbocycles. The zero-order valence-electron chi connectivity index (χ0n) is 16.7. The molecule has 8 nitrogen and oxygen atoms in total. The van der Waals surface area contributed by atoms with Gasteiger partial charge in [-0.1, -0.05) is 30.3 Å². The zero-order chi connectivity index (χ0) is 21.1. The summed E-state index contributed by atoms with van der Waals surface area (Å²) in [6, 6.07) is 16.1. The first kappa shape index (κ1) is 21.7. The summed E-state index contributed by atoms with van der Waals surface area (Å²) >= 11 is 0. The highest BCUT2D eigenvalue weighted by Gasteiger charge is 2.09. The van der Waals surface area contributed by atoms with E-state index >= 15 is 0 Å². The number of benzene rings is 2. The summed E-state index contributed by atoms with van der Waals surface area (Å²) in [6.45, 7) is 5.98. The average Bonchev–Trinajstić information content (AvgIpc) is 2.76. The molecule has 0 atom stereocenters. The number of urea groups is 1. The van der Waals surface area contributed by atoms with Crippen LogP contribution in [-0.4, -0.2) is 37.5 Å². The predicted molar refractivity (Wildman–Crippen MR) is 112 cm³/mol. The molecule has 0 aliphatic rings. The fraction of sp³-hybridized carbons (Fsp3) is 0.286. The maximum absolute atomic E-state index is 12.1. The SMILES string of the molecule is CCN(CC)c1ccc(C(=O)NNC(=O)CNC(=O)NCc2ccccc2)cc1. The summed E-state index contributed by atoms with van der Waals surface area (Å²) < 4.78 is 0. The number of hydrogen-bond donors (Lipinski definition) is 4. The number of anilines is 1. The molecule has 29 heavy (non-hydrogen) atoms. The van der Waals surface area contributed by atoms with Gasteiger partial charge < -0.3 is 15.5 Å². The molecule has 154 valence electrons. The van der Waals surface area contributed by atoms with Crippen LogP contribution in [0.5, 0.6) is 0 Å². The Morgan fingerprint density at radius 2 is 1.48 bits per heavy atom. The third-order valence-corrected chi connectivity index (χ3v) is 4.28. The van der Waals surface area contributed by atoms with Gasteiger partial charge in [0.25, 0.3) is 11.8 Å². The van der Waals surface area contributed by atoms with Crippen LogP contribution in [0.15, 0.2) is 54.6 Å². The van der Waals surface area contributed by atoms with Crippen molar-refractivity contribution in [2.24, 2.45) is 0 Å². The zero-order valence-corrected chi connectivity index (χ0v) is 16.7. The lowest BCUT2D eigenvalue weighted by atomic mass is 10.2. The number of amides is 4. The largest absolute Gasteiger partial charge is 0.372 e. The van der Waals surface area contributed by atoms with Gasteiger partial charge in [0.15, 0.2) is 0 Å². The van der Waals surface area contributed by atoms with Crippen LogP contribution in [0.1, 0.15) is 29.8 Å². The molecule has 2 aromatic rings. The molecule has 0 radical (unpaired) electrons. The second kappa shape index (κ2) is 11.3. The maximum atomic E-state index is 12.1. The molecule has 0 saturated heterocycles. The Hall–Kier alpha value is -3.55. The van der Waals surface area contributed by atoms with Crippen molar-refractivity contribution >= 4 is 23.5 Å². The number of rotatable bonds is 8. The molecule has 0 aromatic heterocycles. The molecule has 0 aliphatic heterocycles. The first-order chi connectivity index (χ1) is 14.0. The van der Waals surface area contributed by atoms with Crippen LogP contribution in [0.25, 0.3) is 0 Å². The number of nitrogens with zero attached hydrogens (tertiary/aromatic N) is 1. The predicted octanol–water partition coefficient (Wildman–Crippen LogP) is 1.79. The van der Waals surface area contributed by atoms with Crippen molar-refractivity contribution in [2.75, 3.05) is 24.5 Å². The van der Waals surface area contributed by atoms with E-state index in [1.807, 2.05) is 42.5 Å². The molecule has 4 N–H and O–H groups in total. The van der Waals surface area contributed by atoms with Crippen molar-refractivity contribution in [2.45, 2.75) is 20.4 Å². The number of nitrogens with one attached hydrogen (secondary N) is 4. The van der Waals surface area contributed by atoms with Crippen molar-refractivity contribution in [3.63, 3.8) is 0 Å². The van der Waals surface area contributed by atoms with E-state index in [9.17, 15) is 14.4 Å². The highest BCUT2D eigenvalue weighted by molar-refractivity contribution is 5.96. The Bertz CT molecular complexity index is 805. The van der Waals surface area contributed by atoms with E-state index in [1.54, 1.807) is 12.1 Å². The molecule has 0 fully saturated rings. The summed E-state index contributed by atoms with van der Waals surface area (Å²) in [4.78, 5) is 37.8. The summed E-state index contributed by atoms with van der Waals surface area (Å²) in [7, 11) is 0. The van der Waals surface area contributed by atoms with Crippen LogP contribution >= 0.6 is 0 Å². The monoisotopic (exact) mass is 397 g/mol. The molecule has 2 rings (SSSR count). The molecule has 2 aromatic carbocycles. The minimum absolute atomic E-state index is 0.262. The van der Waals surface area contributed by atoms with E-state index in [4.69, 9.17) is 0 Å². The van der Waals surface area contributed by atoms with Gasteiger partial charge >= 0.3 is 6.03 Å². The summed E-state index contributed by atoms with van der Waals surface area (Å²) in [5.41, 5.74) is 7.02. The average molecular weight is 397 g/mol. The molecule has 0 spiro atoms. The second-order valence-electron chi connectivity index (χ2n) is 6.24. The Balaban J connectivity index is 1.70. The Labute approximate surface area is 170 Å². The third kappa shape index (κ3) is 7.17. The normalized spacial score (nSPS) is 10.0. The van der Waals surface area contributed by atoms with Gasteiger partial charge in [0, 0.05) is 30.9 Å². The van der Waals surface area contributed by atoms with E-state index in [0.29, 0.717) is 12.1 Å². The number of carbonyl (C=O) groups is 3. The van der Waals surface area contributed by atoms with Gasteiger partial charge in [0.2, 0.25) is 0 Å². The Morgan fingerprint density at radius 3 is 2.10 bits per heavy atom. The van der Waals surface area contributed by atoms with Crippen LogP contribution in [0.2, 0.25) is 0 Å². The third-order valence-electron chi connectivity index (χ3n) is 4.28. The van der Waals surface area contributed by atoms with Gasteiger partial charge in [-0.3, -0.25) is 20.4 Å². The standard InChI is InChI=1S/C21H27N5O3/c1-3-26(4-2)18-12-10-17(11-13-18)20(28)25-24-19(27)15-23-21(29)22-14-16-8-6-5-7-9-16/h5-13H,3-4,14-15H2,1-2H3,(H,24,27)(H,25,28)(H2,22,23,29). The quantitative estimate of drug-likeness (QED) is 0.510. The van der Waals surface area contributed by atoms with Crippen LogP contribution in [-0.2, 0) is 11.3 Å². The van der Waals surface area contributed by atoms with Gasteiger partial charge in [-0.25, -0.2) is 4.79 Å². The lowest BCUT2D eigenvalue weighted by molar-refractivity contribution is -0.120. The van der Waals surface area contributed by atoms with E-state index in [2.05, 4.69) is 40.2 Å². The Morgan fingerprint density at radius 1 is 0.828 bits per heavy atom. The topological polar surface area (TPSA) is 103 Å². The smallest absolute Gasteiger partial charge is 0.315 e. The maximum Gasteiger partial charge on any atom is 0.315 e. The van der Waals surface area contributed by atoms with E-state index in [0.717, 1.165) is 24.3 Å². The fourth-order valence-electron chi connectivity index (χ4n) is 2.66. The van der Waals surface area contributed by atoms with Crippen molar-refractivity contribution in [3.05, 3.63) is 65.7 Å². The molecular formula is C21H27N5O3. The van der Waals surface area contributed by atoms with Gasteiger partial charge in [0.05, 0.1) is 0 Å². The highest BCUT2D eigenvalue weighted by atomic mass is 16.2. The molecule has 0 heterocycles. The first-order valence-electron chi connectivity index (χ1n) is 9.53. The van der Waals surface area contributed by atoms with Crippen LogP contribution < -0.4 is 26.4 Å². The van der Waals surface area contributed by atoms with Gasteiger partial charge in [0.1, 0.15) is 6.54 Å². The van der Waals surface area contributed by atoms with Crippen molar-refractivity contribution < 1.29 is 14.4 Å². The minimum Gasteiger partial charge on any atom is -0.372 e. The molecule has 4 amide bonds. The van der Waals surface area contributed by atoms with E-state index in [-0.39, 0.29) is 6.54 Å². The molecule has 0 unspecified atom stereocenters. The van der Waals surface area contributed by atoms with Gasteiger partial charge in [-0.2, -0.15) is 0 Å². The molecule has 0 bridgehead atoms. The fourth-order valence-corrected chi connectivity index (χ4v) is 2.66. The van der Waals surface area contributed by atoms with E-state index < -0.39 is 17.8 Å². The number of carbonyl (C=O) groups excluding carboxylic acids is 3. The summed E-state index contributed by atoms with van der Waals surface area (Å²) in [5.74, 6) is -0.967. The Kier molecular flexibility index (Phi) is 8.50. The van der Waals surface area contributed by atoms with Crippen LogP contribution in [0.4, 0.5) is 10.5 Å². The summed E-state index contributed by atoms with van der Waals surface area (Å²) in [5, 5.41) is 5.08. The van der Waals surface area contributed by atoms with Gasteiger partial charge in [-0.15, -0.1) is 0 Å². The van der Waals surface area contributed by atoms with E-state index in [1.165, 1.54) is 0 Å². The minimum atomic E-state index is -0.534. The van der Waals surface area contributed by atoms with Crippen LogP contribution in [0, 0.1) is 0 Å². The number of hydrazine groups is 1. The second-order valence-corrected chi connectivity index (χ2v) is 6.24. The number of hydrogen-bond acceptors (Lipinski definition) is 4. The van der Waals surface area contributed by atoms with Crippen molar-refractivity contribution in [1.29, 1.82) is 0 Å². The molecular weight excluding hydrogens is 370 g/mol. The molecule has 0 aliphatic carbocycles. The molecule has 8 heteroatoms. The van der Waals surface area contributed by atoms with Crippen LogP contribution in [0.3, 0.4) is 0 Å². The van der Waals surface area contributed by atoms with Crippen molar-refractivity contribution in [1.82, 2.24) is 21.5 Å². The lowest BCUT2D eigenvalue weighted by Crippen LogP contribution is -2.47. The van der Waals surface area contributed by atoms with Crippen molar-refractivity contribution in [3.8, 4) is 0 Å². The van der Waals surface area contributed by atoms with Gasteiger partial charge in [-0.05, 0) is 43.7 Å². The first-order valence-corrected chi connectivity index (χ1v) is 9.53. The lowest BCUT2D eigenvalue weighted by Gasteiger charge is -2.21.